The minimum atomic E-state index is -4.47. The van der Waals surface area contributed by atoms with Gasteiger partial charge < -0.3 is 5.32 Å². The fraction of sp³-hybridized carbons (Fsp3) is 0.154. The van der Waals surface area contributed by atoms with Crippen LogP contribution in [0.1, 0.15) is 39.3 Å². The predicted octanol–water partition coefficient (Wildman–Crippen LogP) is 6.16. The Morgan fingerprint density at radius 2 is 1.79 bits per heavy atom. The van der Waals surface area contributed by atoms with Gasteiger partial charge in [-0.3, -0.25) is 9.48 Å². The highest BCUT2D eigenvalue weighted by Crippen LogP contribution is 2.30. The van der Waals surface area contributed by atoms with Gasteiger partial charge >= 0.3 is 6.18 Å². The number of aromatic nitrogens is 5. The molecule has 194 valence electrons. The van der Waals surface area contributed by atoms with Gasteiger partial charge in [-0.15, -0.1) is 0 Å². The lowest BCUT2D eigenvalue weighted by atomic mass is 10.1. The van der Waals surface area contributed by atoms with Gasteiger partial charge in [-0.1, -0.05) is 42.5 Å². The molecule has 1 N–H and O–H groups in total. The summed E-state index contributed by atoms with van der Waals surface area (Å²) in [5.74, 6) is -0.547. The molecule has 0 aliphatic carbocycles. The molecule has 0 unspecified atom stereocenters. The van der Waals surface area contributed by atoms with Crippen molar-refractivity contribution in [1.82, 2.24) is 24.4 Å². The number of carbonyl (C=O) groups is 1. The van der Waals surface area contributed by atoms with Gasteiger partial charge in [0.05, 0.1) is 24.0 Å². The molecule has 0 aliphatic heterocycles. The van der Waals surface area contributed by atoms with Crippen molar-refractivity contribution in [2.45, 2.75) is 26.1 Å². The quantitative estimate of drug-likeness (QED) is 0.269. The number of benzene rings is 2. The van der Waals surface area contributed by atoms with Crippen molar-refractivity contribution in [2.24, 2.45) is 0 Å². The molecule has 5 aromatic rings. The van der Waals surface area contributed by atoms with E-state index in [1.54, 1.807) is 49.4 Å². The number of halogens is 5. The van der Waals surface area contributed by atoms with E-state index in [1.165, 1.54) is 16.8 Å². The summed E-state index contributed by atoms with van der Waals surface area (Å²) >= 11 is 0. The van der Waals surface area contributed by atoms with E-state index in [-0.39, 0.29) is 29.3 Å². The van der Waals surface area contributed by atoms with Crippen molar-refractivity contribution >= 4 is 17.4 Å². The van der Waals surface area contributed by atoms with Crippen LogP contribution in [0.5, 0.6) is 0 Å². The highest BCUT2D eigenvalue weighted by molar-refractivity contribution is 6.07. The molecular formula is C26H19F5N6O. The summed E-state index contributed by atoms with van der Waals surface area (Å²) in [5.41, 5.74) is 0.512. The third kappa shape index (κ3) is 4.97. The van der Waals surface area contributed by atoms with E-state index in [4.69, 9.17) is 0 Å². The van der Waals surface area contributed by atoms with Crippen LogP contribution < -0.4 is 5.32 Å². The molecule has 0 saturated heterocycles. The molecule has 0 aliphatic rings. The van der Waals surface area contributed by atoms with E-state index in [0.29, 0.717) is 16.8 Å². The van der Waals surface area contributed by atoms with Crippen molar-refractivity contribution < 1.29 is 26.7 Å². The molecule has 0 spiro atoms. The van der Waals surface area contributed by atoms with Crippen molar-refractivity contribution in [3.63, 3.8) is 0 Å². The number of aryl methyl sites for hydroxylation is 1. The summed E-state index contributed by atoms with van der Waals surface area (Å²) in [6, 6.07) is 16.3. The molecular weight excluding hydrogens is 507 g/mol. The second kappa shape index (κ2) is 9.69. The molecule has 1 amide bonds. The van der Waals surface area contributed by atoms with Gasteiger partial charge in [0.1, 0.15) is 11.3 Å². The molecule has 38 heavy (non-hydrogen) atoms. The van der Waals surface area contributed by atoms with Crippen LogP contribution in [0, 0.1) is 6.92 Å². The van der Waals surface area contributed by atoms with Gasteiger partial charge in [-0.25, -0.2) is 18.3 Å². The SMILES string of the molecule is Cc1cc(NC(=O)c2cnn3c(C(F)F)cc(-c4ccccc4)nc23)nn1Cc1cccc(C(F)(F)F)c1. The van der Waals surface area contributed by atoms with E-state index in [1.807, 2.05) is 0 Å². The molecule has 7 nitrogen and oxygen atoms in total. The molecule has 0 fully saturated rings. The molecule has 0 bridgehead atoms. The van der Waals surface area contributed by atoms with Crippen LogP contribution in [-0.4, -0.2) is 30.3 Å². The van der Waals surface area contributed by atoms with Crippen LogP contribution >= 0.6 is 0 Å². The van der Waals surface area contributed by atoms with Crippen LogP contribution in [0.25, 0.3) is 16.9 Å². The number of nitrogens with one attached hydrogen (secondary N) is 1. The maximum Gasteiger partial charge on any atom is 0.416 e. The molecule has 3 heterocycles. The van der Waals surface area contributed by atoms with E-state index >= 15 is 0 Å². The van der Waals surface area contributed by atoms with E-state index in [9.17, 15) is 26.7 Å². The second-order valence-electron chi connectivity index (χ2n) is 8.51. The number of nitrogens with zero attached hydrogens (tertiary/aromatic N) is 5. The van der Waals surface area contributed by atoms with Crippen LogP contribution in [0.2, 0.25) is 0 Å². The Balaban J connectivity index is 1.43. The molecule has 0 atom stereocenters. The summed E-state index contributed by atoms with van der Waals surface area (Å²) in [7, 11) is 0. The Labute approximate surface area is 212 Å². The van der Waals surface area contributed by atoms with Crippen molar-refractivity contribution in [2.75, 3.05) is 5.32 Å². The highest BCUT2D eigenvalue weighted by atomic mass is 19.4. The molecule has 5 rings (SSSR count). The van der Waals surface area contributed by atoms with Crippen molar-refractivity contribution in [1.29, 1.82) is 0 Å². The Kier molecular flexibility index (Phi) is 6.39. The van der Waals surface area contributed by atoms with E-state index in [2.05, 4.69) is 20.5 Å². The first-order valence-electron chi connectivity index (χ1n) is 11.3. The Morgan fingerprint density at radius 3 is 2.50 bits per heavy atom. The fourth-order valence-electron chi connectivity index (χ4n) is 3.99. The maximum atomic E-state index is 13.8. The Hall–Kier alpha value is -4.61. The van der Waals surface area contributed by atoms with E-state index in [0.717, 1.165) is 22.8 Å². The van der Waals surface area contributed by atoms with Crippen LogP contribution in [-0.2, 0) is 12.7 Å². The van der Waals surface area contributed by atoms with Gasteiger partial charge in [0.2, 0.25) is 0 Å². The number of hydrogen-bond donors (Lipinski definition) is 1. The zero-order valence-corrected chi connectivity index (χ0v) is 19.7. The Morgan fingerprint density at radius 1 is 1.03 bits per heavy atom. The Bertz CT molecular complexity index is 1620. The lowest BCUT2D eigenvalue weighted by Crippen LogP contribution is -2.14. The van der Waals surface area contributed by atoms with Gasteiger partial charge in [-0.05, 0) is 30.7 Å². The monoisotopic (exact) mass is 526 g/mol. The summed E-state index contributed by atoms with van der Waals surface area (Å²) in [6.07, 6.45) is -6.19. The minimum Gasteiger partial charge on any atom is -0.305 e. The number of hydrogen-bond acceptors (Lipinski definition) is 4. The van der Waals surface area contributed by atoms with Crippen LogP contribution in [0.4, 0.5) is 27.8 Å². The zero-order chi connectivity index (χ0) is 27.0. The molecule has 0 radical (unpaired) electrons. The van der Waals surface area contributed by atoms with Crippen LogP contribution in [0.15, 0.2) is 72.9 Å². The van der Waals surface area contributed by atoms with Gasteiger partial charge in [-0.2, -0.15) is 23.4 Å². The summed E-state index contributed by atoms with van der Waals surface area (Å²) < 4.78 is 69.1. The highest BCUT2D eigenvalue weighted by Gasteiger charge is 2.30. The first-order valence-corrected chi connectivity index (χ1v) is 11.3. The van der Waals surface area contributed by atoms with Crippen molar-refractivity contribution in [3.8, 4) is 11.3 Å². The summed E-state index contributed by atoms with van der Waals surface area (Å²) in [5, 5.41) is 10.8. The number of rotatable bonds is 6. The number of carbonyl (C=O) groups excluding carboxylic acids is 1. The smallest absolute Gasteiger partial charge is 0.305 e. The third-order valence-electron chi connectivity index (χ3n) is 5.85. The largest absolute Gasteiger partial charge is 0.416 e. The average Bonchev–Trinajstić information content (AvgIpc) is 3.46. The third-order valence-corrected chi connectivity index (χ3v) is 5.85. The predicted molar refractivity (Wildman–Crippen MR) is 129 cm³/mol. The van der Waals surface area contributed by atoms with Crippen LogP contribution in [0.3, 0.4) is 0 Å². The first kappa shape index (κ1) is 25.1. The van der Waals surface area contributed by atoms with E-state index < -0.39 is 29.8 Å². The normalized spacial score (nSPS) is 11.9. The average molecular weight is 526 g/mol. The standard InChI is InChI=1S/C26H19F5N6O/c1-15-10-22(35-36(15)14-16-6-5-9-18(11-16)26(29,30)31)34-25(38)19-13-32-37-21(23(27)28)12-20(33-24(19)37)17-7-3-2-4-8-17/h2-13,23H,14H2,1H3,(H,34,35,38). The molecule has 2 aromatic carbocycles. The summed E-state index contributed by atoms with van der Waals surface area (Å²) in [4.78, 5) is 17.5. The minimum absolute atomic E-state index is 0.0437. The fourth-order valence-corrected chi connectivity index (χ4v) is 3.99. The first-order chi connectivity index (χ1) is 18.1. The molecule has 12 heteroatoms. The number of anilines is 1. The lowest BCUT2D eigenvalue weighted by molar-refractivity contribution is -0.137. The topological polar surface area (TPSA) is 77.1 Å². The second-order valence-corrected chi connectivity index (χ2v) is 8.51. The number of amides is 1. The molecule has 0 saturated carbocycles. The van der Waals surface area contributed by atoms with Gasteiger partial charge in [0.15, 0.2) is 11.5 Å². The van der Waals surface area contributed by atoms with Gasteiger partial charge in [0, 0.05) is 17.3 Å². The summed E-state index contributed by atoms with van der Waals surface area (Å²) in [6.45, 7) is 1.73. The maximum absolute atomic E-state index is 13.8. The van der Waals surface area contributed by atoms with Gasteiger partial charge in [0.25, 0.3) is 12.3 Å². The lowest BCUT2D eigenvalue weighted by Gasteiger charge is -2.09. The number of alkyl halides is 5. The van der Waals surface area contributed by atoms with Crippen molar-refractivity contribution in [3.05, 3.63) is 101 Å². The number of fused-ring (bicyclic) bond motifs is 1. The molecule has 3 aromatic heterocycles. The zero-order valence-electron chi connectivity index (χ0n) is 19.7.